The Balaban J connectivity index is 1.77. The number of halogens is 1. The molecule has 0 aliphatic heterocycles. The van der Waals surface area contributed by atoms with E-state index in [1.165, 1.54) is 11.3 Å². The topological polar surface area (TPSA) is 54.0 Å². The highest BCUT2D eigenvalue weighted by atomic mass is 35.5. The van der Waals surface area contributed by atoms with Crippen LogP contribution in [0.1, 0.15) is 10.4 Å². The number of nitrogens with one attached hydrogen (secondary N) is 2. The molecule has 2 aromatic heterocycles. The van der Waals surface area contributed by atoms with Gasteiger partial charge >= 0.3 is 6.03 Å². The number of carbonyl (C=O) groups excluding carboxylic acids is 1. The van der Waals surface area contributed by atoms with E-state index in [-0.39, 0.29) is 6.03 Å². The van der Waals surface area contributed by atoms with Gasteiger partial charge in [-0.3, -0.25) is 5.32 Å². The molecule has 0 atom stereocenters. The average molecular weight is 296 g/mol. The summed E-state index contributed by atoms with van der Waals surface area (Å²) in [6.07, 6.45) is 2.42. The van der Waals surface area contributed by atoms with Gasteiger partial charge in [0.25, 0.3) is 0 Å². The monoisotopic (exact) mass is 295 g/mol. The minimum Gasteiger partial charge on any atom is -0.337 e. The van der Waals surface area contributed by atoms with Crippen LogP contribution in [0.3, 0.4) is 0 Å². The smallest absolute Gasteiger partial charge is 0.320 e. The molecule has 19 heavy (non-hydrogen) atoms. The molecule has 0 aromatic carbocycles. The van der Waals surface area contributed by atoms with Gasteiger partial charge in [-0.25, -0.2) is 9.78 Å². The standard InChI is InChI=1S/C13H14ClN3OS/c1-9-3-2-7-15-12(9)17-13(18)16-8-6-10-4-5-11(14)19-10/h2-5,7H,6,8H2,1H3,(H2,15,16,17,18). The predicted molar refractivity (Wildman–Crippen MR) is 79.0 cm³/mol. The van der Waals surface area contributed by atoms with Crippen LogP contribution in [0.4, 0.5) is 10.6 Å². The summed E-state index contributed by atoms with van der Waals surface area (Å²) in [5, 5.41) is 5.51. The maximum atomic E-state index is 11.7. The van der Waals surface area contributed by atoms with E-state index in [4.69, 9.17) is 11.6 Å². The van der Waals surface area contributed by atoms with Gasteiger partial charge in [0, 0.05) is 17.6 Å². The second-order valence-corrected chi connectivity index (χ2v) is 5.81. The van der Waals surface area contributed by atoms with Crippen molar-refractivity contribution in [1.29, 1.82) is 0 Å². The number of rotatable bonds is 4. The van der Waals surface area contributed by atoms with Gasteiger partial charge in [-0.2, -0.15) is 0 Å². The van der Waals surface area contributed by atoms with Gasteiger partial charge in [-0.05, 0) is 37.1 Å². The lowest BCUT2D eigenvalue weighted by atomic mass is 10.3. The Morgan fingerprint density at radius 1 is 1.42 bits per heavy atom. The molecule has 2 heterocycles. The normalized spacial score (nSPS) is 10.2. The number of pyridine rings is 1. The second-order valence-electron chi connectivity index (χ2n) is 4.01. The van der Waals surface area contributed by atoms with E-state index in [1.54, 1.807) is 6.20 Å². The van der Waals surface area contributed by atoms with Crippen molar-refractivity contribution in [2.24, 2.45) is 0 Å². The van der Waals surface area contributed by atoms with Crippen molar-refractivity contribution in [3.63, 3.8) is 0 Å². The number of aryl methyl sites for hydroxylation is 1. The predicted octanol–water partition coefficient (Wildman–Crippen LogP) is 3.47. The molecule has 0 spiro atoms. The minimum absolute atomic E-state index is 0.246. The Labute approximate surface area is 120 Å². The van der Waals surface area contributed by atoms with Crippen LogP contribution in [0.5, 0.6) is 0 Å². The largest absolute Gasteiger partial charge is 0.337 e. The molecule has 0 radical (unpaired) electrons. The van der Waals surface area contributed by atoms with Crippen LogP contribution in [0.2, 0.25) is 4.34 Å². The fourth-order valence-corrected chi connectivity index (χ4v) is 2.64. The van der Waals surface area contributed by atoms with E-state index < -0.39 is 0 Å². The van der Waals surface area contributed by atoms with Gasteiger partial charge in [0.1, 0.15) is 5.82 Å². The molecule has 4 nitrogen and oxygen atoms in total. The SMILES string of the molecule is Cc1cccnc1NC(=O)NCCc1ccc(Cl)s1. The summed E-state index contributed by atoms with van der Waals surface area (Å²) in [6, 6.07) is 7.31. The van der Waals surface area contributed by atoms with E-state index in [0.29, 0.717) is 12.4 Å². The summed E-state index contributed by atoms with van der Waals surface area (Å²) in [4.78, 5) is 16.9. The molecule has 0 aliphatic carbocycles. The molecule has 0 saturated heterocycles. The van der Waals surface area contributed by atoms with Crippen molar-refractivity contribution in [3.05, 3.63) is 45.2 Å². The van der Waals surface area contributed by atoms with Gasteiger partial charge in [0.2, 0.25) is 0 Å². The zero-order valence-corrected chi connectivity index (χ0v) is 12.0. The van der Waals surface area contributed by atoms with Gasteiger partial charge in [0.05, 0.1) is 4.34 Å². The Hall–Kier alpha value is -1.59. The quantitative estimate of drug-likeness (QED) is 0.907. The van der Waals surface area contributed by atoms with Gasteiger partial charge in [0.15, 0.2) is 0 Å². The maximum absolute atomic E-state index is 11.7. The van der Waals surface area contributed by atoms with Gasteiger partial charge in [-0.1, -0.05) is 17.7 Å². The van der Waals surface area contributed by atoms with Gasteiger partial charge < -0.3 is 5.32 Å². The molecule has 0 bridgehead atoms. The van der Waals surface area contributed by atoms with E-state index in [2.05, 4.69) is 15.6 Å². The molecule has 2 amide bonds. The van der Waals surface area contributed by atoms with Crippen LogP contribution in [0.25, 0.3) is 0 Å². The molecule has 2 rings (SSSR count). The molecule has 0 saturated carbocycles. The molecular formula is C13H14ClN3OS. The van der Waals surface area contributed by atoms with Crippen LogP contribution in [0.15, 0.2) is 30.5 Å². The zero-order chi connectivity index (χ0) is 13.7. The van der Waals surface area contributed by atoms with Crippen LogP contribution < -0.4 is 10.6 Å². The van der Waals surface area contributed by atoms with Crippen molar-refractivity contribution in [3.8, 4) is 0 Å². The lowest BCUT2D eigenvalue weighted by Gasteiger charge is -2.08. The number of hydrogen-bond acceptors (Lipinski definition) is 3. The van der Waals surface area contributed by atoms with E-state index >= 15 is 0 Å². The average Bonchev–Trinajstić information content (AvgIpc) is 2.78. The van der Waals surface area contributed by atoms with Crippen molar-refractivity contribution >= 4 is 34.8 Å². The first-order chi connectivity index (χ1) is 9.15. The molecule has 0 fully saturated rings. The van der Waals surface area contributed by atoms with E-state index in [1.807, 2.05) is 31.2 Å². The molecule has 2 N–H and O–H groups in total. The zero-order valence-electron chi connectivity index (χ0n) is 10.4. The molecule has 100 valence electrons. The van der Waals surface area contributed by atoms with Crippen molar-refractivity contribution in [2.45, 2.75) is 13.3 Å². The van der Waals surface area contributed by atoms with Gasteiger partial charge in [-0.15, -0.1) is 11.3 Å². The number of aromatic nitrogens is 1. The second kappa shape index (κ2) is 6.54. The summed E-state index contributed by atoms with van der Waals surface area (Å²) in [5.74, 6) is 0.583. The number of carbonyl (C=O) groups is 1. The third kappa shape index (κ3) is 4.22. The van der Waals surface area contributed by atoms with Crippen LogP contribution in [0, 0.1) is 6.92 Å². The number of thiophene rings is 1. The first kappa shape index (κ1) is 13.8. The number of anilines is 1. The third-order valence-corrected chi connectivity index (χ3v) is 3.82. The minimum atomic E-state index is -0.246. The summed E-state index contributed by atoms with van der Waals surface area (Å²) in [7, 11) is 0. The molecule has 0 unspecified atom stereocenters. The summed E-state index contributed by atoms with van der Waals surface area (Å²) in [5.41, 5.74) is 0.933. The van der Waals surface area contributed by atoms with Crippen LogP contribution in [-0.4, -0.2) is 17.6 Å². The van der Waals surface area contributed by atoms with Crippen molar-refractivity contribution in [2.75, 3.05) is 11.9 Å². The Kier molecular flexibility index (Phi) is 4.76. The third-order valence-electron chi connectivity index (χ3n) is 2.53. The number of nitrogens with zero attached hydrogens (tertiary/aromatic N) is 1. The van der Waals surface area contributed by atoms with Crippen molar-refractivity contribution < 1.29 is 4.79 Å². The Morgan fingerprint density at radius 3 is 2.95 bits per heavy atom. The number of hydrogen-bond donors (Lipinski definition) is 2. The lowest BCUT2D eigenvalue weighted by Crippen LogP contribution is -2.30. The number of urea groups is 1. The summed E-state index contributed by atoms with van der Waals surface area (Å²) < 4.78 is 0.767. The fourth-order valence-electron chi connectivity index (χ4n) is 1.55. The Morgan fingerprint density at radius 2 is 2.26 bits per heavy atom. The lowest BCUT2D eigenvalue weighted by molar-refractivity contribution is 0.252. The van der Waals surface area contributed by atoms with E-state index in [9.17, 15) is 4.79 Å². The summed E-state index contributed by atoms with van der Waals surface area (Å²) in [6.45, 7) is 2.46. The maximum Gasteiger partial charge on any atom is 0.320 e. The number of amides is 2. The molecule has 0 aliphatic rings. The fraction of sp³-hybridized carbons (Fsp3) is 0.231. The highest BCUT2D eigenvalue weighted by molar-refractivity contribution is 7.16. The first-order valence-corrected chi connectivity index (χ1v) is 7.05. The van der Waals surface area contributed by atoms with Crippen molar-refractivity contribution in [1.82, 2.24) is 10.3 Å². The first-order valence-electron chi connectivity index (χ1n) is 5.86. The Bertz CT molecular complexity index is 571. The van der Waals surface area contributed by atoms with E-state index in [0.717, 1.165) is 21.2 Å². The van der Waals surface area contributed by atoms with Crippen LogP contribution in [-0.2, 0) is 6.42 Å². The molecule has 2 aromatic rings. The van der Waals surface area contributed by atoms with Crippen LogP contribution >= 0.6 is 22.9 Å². The molecule has 6 heteroatoms. The molecular weight excluding hydrogens is 282 g/mol. The highest BCUT2D eigenvalue weighted by Gasteiger charge is 2.05. The summed E-state index contributed by atoms with van der Waals surface area (Å²) >= 11 is 7.36. The highest BCUT2D eigenvalue weighted by Crippen LogP contribution is 2.21.